The van der Waals surface area contributed by atoms with Gasteiger partial charge in [0.15, 0.2) is 0 Å². The first-order valence-corrected chi connectivity index (χ1v) is 8.54. The van der Waals surface area contributed by atoms with Gasteiger partial charge in [-0.25, -0.2) is 4.39 Å². The Morgan fingerprint density at radius 1 is 1.15 bits per heavy atom. The van der Waals surface area contributed by atoms with Gasteiger partial charge in [-0.2, -0.15) is 4.39 Å². The fraction of sp³-hybridized carbons (Fsp3) is 0.333. The van der Waals surface area contributed by atoms with Crippen molar-refractivity contribution in [1.29, 1.82) is 0 Å². The summed E-state index contributed by atoms with van der Waals surface area (Å²) in [6.45, 7) is 2.73. The first kappa shape index (κ1) is 18.4. The normalized spacial score (nSPS) is 16.3. The van der Waals surface area contributed by atoms with E-state index in [1.807, 2.05) is 12.1 Å². The molecule has 1 N–H and O–H groups in total. The molecule has 2 aromatic rings. The maximum Gasteiger partial charge on any atom is 0.242 e. The van der Waals surface area contributed by atoms with Gasteiger partial charge in [0.05, 0.1) is 6.61 Å². The Kier molecular flexibility index (Phi) is 5.28. The minimum absolute atomic E-state index is 0.189. The highest BCUT2D eigenvalue weighted by Gasteiger charge is 2.17. The lowest BCUT2D eigenvalue weighted by atomic mass is 10.0. The topological polar surface area (TPSA) is 38.7 Å². The number of ether oxygens (including phenoxy) is 2. The molecule has 0 saturated heterocycles. The molecular weight excluding hydrogens is 338 g/mol. The second-order valence-electron chi connectivity index (χ2n) is 6.74. The smallest absolute Gasteiger partial charge is 0.242 e. The fourth-order valence-electron chi connectivity index (χ4n) is 2.88. The summed E-state index contributed by atoms with van der Waals surface area (Å²) < 4.78 is 38.3. The second kappa shape index (κ2) is 7.46. The number of hydrogen-bond acceptors (Lipinski definition) is 3. The van der Waals surface area contributed by atoms with Crippen LogP contribution in [0.1, 0.15) is 31.4 Å². The van der Waals surface area contributed by atoms with Crippen LogP contribution in [0.3, 0.4) is 0 Å². The number of benzene rings is 2. The Balaban J connectivity index is 1.81. The SMILES string of the molecule is CC(C)(F)Oc1ccc(COc2c(CO)ccc3c2=CC(F)CC=3)cc1. The summed E-state index contributed by atoms with van der Waals surface area (Å²) in [7, 11) is 0. The first-order valence-electron chi connectivity index (χ1n) is 8.54. The van der Waals surface area contributed by atoms with E-state index in [1.54, 1.807) is 30.3 Å². The lowest BCUT2D eigenvalue weighted by Gasteiger charge is -2.17. The molecular formula is C21H22F2O3. The highest BCUT2D eigenvalue weighted by atomic mass is 19.2. The molecule has 0 aliphatic heterocycles. The molecule has 3 nitrogen and oxygen atoms in total. The Labute approximate surface area is 151 Å². The molecule has 1 atom stereocenters. The van der Waals surface area contributed by atoms with Crippen molar-refractivity contribution in [3.8, 4) is 11.5 Å². The molecule has 1 unspecified atom stereocenters. The maximum atomic E-state index is 13.8. The highest BCUT2D eigenvalue weighted by Crippen LogP contribution is 2.21. The molecule has 3 rings (SSSR count). The molecule has 0 radical (unpaired) electrons. The third-order valence-electron chi connectivity index (χ3n) is 4.06. The van der Waals surface area contributed by atoms with Gasteiger partial charge in [0.25, 0.3) is 0 Å². The Hall–Kier alpha value is -2.40. The highest BCUT2D eigenvalue weighted by molar-refractivity contribution is 5.49. The molecule has 0 fully saturated rings. The third kappa shape index (κ3) is 4.41. The van der Waals surface area contributed by atoms with Crippen molar-refractivity contribution in [2.75, 3.05) is 0 Å². The quantitative estimate of drug-likeness (QED) is 0.860. The molecule has 0 heterocycles. The van der Waals surface area contributed by atoms with Crippen molar-refractivity contribution in [2.45, 2.75) is 45.5 Å². The van der Waals surface area contributed by atoms with Crippen LogP contribution >= 0.6 is 0 Å². The zero-order chi connectivity index (χ0) is 18.7. The zero-order valence-corrected chi connectivity index (χ0v) is 14.8. The van der Waals surface area contributed by atoms with Crippen LogP contribution in [-0.2, 0) is 13.2 Å². The van der Waals surface area contributed by atoms with Crippen LogP contribution in [0.15, 0.2) is 36.4 Å². The van der Waals surface area contributed by atoms with Crippen LogP contribution in [0.25, 0.3) is 12.2 Å². The van der Waals surface area contributed by atoms with Crippen molar-refractivity contribution in [3.63, 3.8) is 0 Å². The van der Waals surface area contributed by atoms with E-state index < -0.39 is 12.0 Å². The number of halogens is 2. The predicted octanol–water partition coefficient (Wildman–Crippen LogP) is 3.15. The minimum Gasteiger partial charge on any atom is -0.488 e. The molecule has 138 valence electrons. The van der Waals surface area contributed by atoms with Gasteiger partial charge in [0, 0.05) is 31.1 Å². The fourth-order valence-corrected chi connectivity index (χ4v) is 2.88. The summed E-state index contributed by atoms with van der Waals surface area (Å²) >= 11 is 0. The number of fused-ring (bicyclic) bond motifs is 1. The summed E-state index contributed by atoms with van der Waals surface area (Å²) in [5.74, 6) is -0.821. The summed E-state index contributed by atoms with van der Waals surface area (Å²) in [6.07, 6.45) is 2.65. The first-order chi connectivity index (χ1) is 12.4. The molecule has 1 aliphatic carbocycles. The van der Waals surface area contributed by atoms with Crippen LogP contribution < -0.4 is 19.9 Å². The molecule has 0 saturated carbocycles. The Morgan fingerprint density at radius 3 is 2.54 bits per heavy atom. The Morgan fingerprint density at radius 2 is 1.88 bits per heavy atom. The molecule has 0 spiro atoms. The van der Waals surface area contributed by atoms with E-state index in [1.165, 1.54) is 19.9 Å². The van der Waals surface area contributed by atoms with Gasteiger partial charge >= 0.3 is 0 Å². The van der Waals surface area contributed by atoms with Gasteiger partial charge < -0.3 is 14.6 Å². The Bertz CT molecular complexity index is 883. The van der Waals surface area contributed by atoms with E-state index >= 15 is 0 Å². The van der Waals surface area contributed by atoms with Crippen molar-refractivity contribution < 1.29 is 23.4 Å². The molecule has 2 aromatic carbocycles. The van der Waals surface area contributed by atoms with Gasteiger partial charge in [0.2, 0.25) is 5.85 Å². The zero-order valence-electron chi connectivity index (χ0n) is 14.8. The molecule has 0 amide bonds. The standard InChI is InChI=1S/C21H22F2O3/c1-21(2,23)26-18-9-3-14(4-10-18)13-25-20-16(12-24)6-5-15-7-8-17(22)11-19(15)20/h3-7,9-11,17,24H,8,12-13H2,1-2H3. The summed E-state index contributed by atoms with van der Waals surface area (Å²) in [6, 6.07) is 10.6. The number of alkyl halides is 2. The number of hydrogen-bond donors (Lipinski definition) is 1. The van der Waals surface area contributed by atoms with Crippen LogP contribution in [0.4, 0.5) is 8.78 Å². The van der Waals surface area contributed by atoms with Gasteiger partial charge in [0.1, 0.15) is 24.3 Å². The van der Waals surface area contributed by atoms with E-state index in [0.29, 0.717) is 28.7 Å². The van der Waals surface area contributed by atoms with E-state index in [9.17, 15) is 13.9 Å². The van der Waals surface area contributed by atoms with Crippen molar-refractivity contribution in [2.24, 2.45) is 0 Å². The van der Waals surface area contributed by atoms with Crippen molar-refractivity contribution in [1.82, 2.24) is 0 Å². The molecule has 0 aromatic heterocycles. The van der Waals surface area contributed by atoms with Crippen LogP contribution in [0, 0.1) is 0 Å². The summed E-state index contributed by atoms with van der Waals surface area (Å²) in [4.78, 5) is 0. The molecule has 0 bridgehead atoms. The van der Waals surface area contributed by atoms with Crippen LogP contribution in [0.2, 0.25) is 0 Å². The molecule has 5 heteroatoms. The van der Waals surface area contributed by atoms with E-state index in [0.717, 1.165) is 10.8 Å². The van der Waals surface area contributed by atoms with Gasteiger partial charge in [-0.3, -0.25) is 0 Å². The van der Waals surface area contributed by atoms with Gasteiger partial charge in [-0.05, 0) is 29.0 Å². The van der Waals surface area contributed by atoms with Gasteiger partial charge in [-0.1, -0.05) is 30.3 Å². The molecule has 1 aliphatic rings. The largest absolute Gasteiger partial charge is 0.488 e. The monoisotopic (exact) mass is 360 g/mol. The molecule has 26 heavy (non-hydrogen) atoms. The number of aliphatic hydroxyl groups excluding tert-OH is 1. The second-order valence-corrected chi connectivity index (χ2v) is 6.74. The minimum atomic E-state index is -1.74. The summed E-state index contributed by atoms with van der Waals surface area (Å²) in [5.41, 5.74) is 1.47. The maximum absolute atomic E-state index is 13.8. The van der Waals surface area contributed by atoms with Crippen LogP contribution in [-0.4, -0.2) is 17.1 Å². The predicted molar refractivity (Wildman–Crippen MR) is 96.6 cm³/mol. The number of aliphatic hydroxyl groups is 1. The average Bonchev–Trinajstić information content (AvgIpc) is 2.59. The van der Waals surface area contributed by atoms with E-state index in [-0.39, 0.29) is 13.2 Å². The van der Waals surface area contributed by atoms with E-state index in [4.69, 9.17) is 9.47 Å². The number of rotatable bonds is 6. The third-order valence-corrected chi connectivity index (χ3v) is 4.06. The summed E-state index contributed by atoms with van der Waals surface area (Å²) in [5, 5.41) is 11.2. The lowest BCUT2D eigenvalue weighted by molar-refractivity contribution is -0.0257. The van der Waals surface area contributed by atoms with Gasteiger partial charge in [-0.15, -0.1) is 0 Å². The lowest BCUT2D eigenvalue weighted by Crippen LogP contribution is -2.32. The van der Waals surface area contributed by atoms with Crippen molar-refractivity contribution in [3.05, 3.63) is 58.0 Å². The van der Waals surface area contributed by atoms with Crippen LogP contribution in [0.5, 0.6) is 11.5 Å². The van der Waals surface area contributed by atoms with Crippen molar-refractivity contribution >= 4 is 12.2 Å². The average molecular weight is 360 g/mol. The van der Waals surface area contributed by atoms with E-state index in [2.05, 4.69) is 0 Å².